The van der Waals surface area contributed by atoms with Gasteiger partial charge in [-0.2, -0.15) is 0 Å². The van der Waals surface area contributed by atoms with Gasteiger partial charge in [0.15, 0.2) is 0 Å². The lowest BCUT2D eigenvalue weighted by Gasteiger charge is -2.34. The summed E-state index contributed by atoms with van der Waals surface area (Å²) in [5.41, 5.74) is 4.02. The minimum atomic E-state index is -4.20. The van der Waals surface area contributed by atoms with Gasteiger partial charge in [-0.3, -0.25) is 13.9 Å². The van der Waals surface area contributed by atoms with Gasteiger partial charge >= 0.3 is 0 Å². The van der Waals surface area contributed by atoms with Gasteiger partial charge in [0.1, 0.15) is 18.3 Å². The van der Waals surface area contributed by atoms with Gasteiger partial charge in [0.2, 0.25) is 11.8 Å². The normalized spacial score (nSPS) is 12.5. The average Bonchev–Trinajstić information content (AvgIpc) is 3.06. The molecule has 0 aliphatic carbocycles. The lowest BCUT2D eigenvalue weighted by atomic mass is 10.0. The molecule has 1 N–H and O–H groups in total. The van der Waals surface area contributed by atoms with E-state index in [0.29, 0.717) is 11.4 Å². The molecule has 2 unspecified atom stereocenters. The zero-order valence-electron chi connectivity index (χ0n) is 27.1. The largest absolute Gasteiger partial charge is 0.497 e. The maximum absolute atomic E-state index is 14.6. The standard InChI is InChI=1S/C37H43N3O5S/c1-6-29(4)38-37(42)35(24-30-12-8-7-9-13-30)39(25-31-14-10-11-28(3)23-31)36(41)26-40(32-17-15-27(2)16-18-32)46(43,44)34-21-19-33(45-5)20-22-34/h7-23,29,35H,6,24-26H2,1-5H3,(H,38,42). The van der Waals surface area contributed by atoms with Crippen LogP contribution in [0.15, 0.2) is 108 Å². The first kappa shape index (κ1) is 34.2. The van der Waals surface area contributed by atoms with E-state index in [1.165, 1.54) is 24.1 Å². The van der Waals surface area contributed by atoms with E-state index in [2.05, 4.69) is 5.32 Å². The van der Waals surface area contributed by atoms with Crippen LogP contribution >= 0.6 is 0 Å². The molecule has 0 bridgehead atoms. The summed E-state index contributed by atoms with van der Waals surface area (Å²) in [4.78, 5) is 30.1. The summed E-state index contributed by atoms with van der Waals surface area (Å²) < 4.78 is 34.7. The molecule has 2 atom stereocenters. The highest BCUT2D eigenvalue weighted by Gasteiger charge is 2.35. The first-order chi connectivity index (χ1) is 22.0. The summed E-state index contributed by atoms with van der Waals surface area (Å²) in [5.74, 6) is -0.282. The Kier molecular flexibility index (Phi) is 11.6. The Morgan fingerprint density at radius 3 is 2.09 bits per heavy atom. The number of nitrogens with zero attached hydrogens (tertiary/aromatic N) is 2. The Hall–Kier alpha value is -4.63. The smallest absolute Gasteiger partial charge is 0.264 e. The van der Waals surface area contributed by atoms with Gasteiger partial charge in [0.25, 0.3) is 10.0 Å². The molecule has 242 valence electrons. The van der Waals surface area contributed by atoms with Crippen molar-refractivity contribution >= 4 is 27.5 Å². The molecule has 0 saturated carbocycles. The number of hydrogen-bond acceptors (Lipinski definition) is 5. The number of carbonyl (C=O) groups is 2. The Labute approximate surface area is 273 Å². The number of hydrogen-bond donors (Lipinski definition) is 1. The van der Waals surface area contributed by atoms with Crippen molar-refractivity contribution in [3.05, 3.63) is 125 Å². The predicted molar refractivity (Wildman–Crippen MR) is 182 cm³/mol. The van der Waals surface area contributed by atoms with E-state index in [0.717, 1.165) is 33.0 Å². The number of anilines is 1. The summed E-state index contributed by atoms with van der Waals surface area (Å²) in [6.07, 6.45) is 0.980. The summed E-state index contributed by atoms with van der Waals surface area (Å²) in [6, 6.07) is 29.3. The fourth-order valence-electron chi connectivity index (χ4n) is 5.12. The van der Waals surface area contributed by atoms with Crippen molar-refractivity contribution in [2.24, 2.45) is 0 Å². The van der Waals surface area contributed by atoms with E-state index in [4.69, 9.17) is 4.74 Å². The quantitative estimate of drug-likeness (QED) is 0.181. The summed E-state index contributed by atoms with van der Waals surface area (Å²) in [6.45, 7) is 7.39. The van der Waals surface area contributed by atoms with E-state index in [9.17, 15) is 18.0 Å². The van der Waals surface area contributed by atoms with Gasteiger partial charge < -0.3 is 15.0 Å². The second kappa shape index (κ2) is 15.6. The molecule has 0 aliphatic heterocycles. The SMILES string of the molecule is CCC(C)NC(=O)C(Cc1ccccc1)N(Cc1cccc(C)c1)C(=O)CN(c1ccc(C)cc1)S(=O)(=O)c1ccc(OC)cc1. The summed E-state index contributed by atoms with van der Waals surface area (Å²) in [7, 11) is -2.69. The third-order valence-electron chi connectivity index (χ3n) is 7.96. The molecule has 0 radical (unpaired) electrons. The molecule has 0 aliphatic rings. The second-order valence-corrected chi connectivity index (χ2v) is 13.4. The van der Waals surface area contributed by atoms with E-state index in [-0.39, 0.29) is 29.8 Å². The zero-order chi connectivity index (χ0) is 33.3. The third kappa shape index (κ3) is 8.75. The number of nitrogens with one attached hydrogen (secondary N) is 1. The highest BCUT2D eigenvalue weighted by Crippen LogP contribution is 2.27. The number of ether oxygens (including phenoxy) is 1. The van der Waals surface area contributed by atoms with Crippen LogP contribution in [0.5, 0.6) is 5.75 Å². The number of aryl methyl sites for hydroxylation is 2. The molecule has 4 rings (SSSR count). The van der Waals surface area contributed by atoms with Crippen LogP contribution in [0, 0.1) is 13.8 Å². The van der Waals surface area contributed by atoms with Crippen LogP contribution < -0.4 is 14.4 Å². The average molecular weight is 642 g/mol. The van der Waals surface area contributed by atoms with E-state index >= 15 is 0 Å². The minimum absolute atomic E-state index is 0.0160. The van der Waals surface area contributed by atoms with Crippen LogP contribution in [0.2, 0.25) is 0 Å². The lowest BCUT2D eigenvalue weighted by Crippen LogP contribution is -2.54. The molecule has 46 heavy (non-hydrogen) atoms. The molecule has 4 aromatic rings. The monoisotopic (exact) mass is 641 g/mol. The van der Waals surface area contributed by atoms with Gasteiger partial charge in [-0.1, -0.05) is 84.8 Å². The number of carbonyl (C=O) groups excluding carboxylic acids is 2. The van der Waals surface area contributed by atoms with E-state index in [1.807, 2.05) is 82.3 Å². The summed E-state index contributed by atoms with van der Waals surface area (Å²) >= 11 is 0. The number of benzene rings is 4. The fraction of sp³-hybridized carbons (Fsp3) is 0.297. The molecule has 8 nitrogen and oxygen atoms in total. The highest BCUT2D eigenvalue weighted by atomic mass is 32.2. The Morgan fingerprint density at radius 1 is 0.826 bits per heavy atom. The van der Waals surface area contributed by atoms with Crippen molar-refractivity contribution in [2.75, 3.05) is 18.0 Å². The minimum Gasteiger partial charge on any atom is -0.497 e. The molecule has 0 heterocycles. The molecule has 0 saturated heterocycles. The molecular formula is C37H43N3O5S. The van der Waals surface area contributed by atoms with Gasteiger partial charge in [-0.05, 0) is 74.7 Å². The first-order valence-electron chi connectivity index (χ1n) is 15.4. The molecule has 2 amide bonds. The highest BCUT2D eigenvalue weighted by molar-refractivity contribution is 7.92. The maximum atomic E-state index is 14.6. The van der Waals surface area contributed by atoms with E-state index in [1.54, 1.807) is 36.4 Å². The topological polar surface area (TPSA) is 96.0 Å². The maximum Gasteiger partial charge on any atom is 0.264 e. The number of rotatable bonds is 14. The number of sulfonamides is 1. The molecular weight excluding hydrogens is 598 g/mol. The van der Waals surface area contributed by atoms with Gasteiger partial charge in [-0.25, -0.2) is 8.42 Å². The van der Waals surface area contributed by atoms with Gasteiger partial charge in [-0.15, -0.1) is 0 Å². The van der Waals surface area contributed by atoms with Crippen LogP contribution in [0.4, 0.5) is 5.69 Å². The second-order valence-electron chi connectivity index (χ2n) is 11.6. The molecule has 4 aromatic carbocycles. The molecule has 9 heteroatoms. The fourth-order valence-corrected chi connectivity index (χ4v) is 6.53. The first-order valence-corrected chi connectivity index (χ1v) is 16.9. The number of amides is 2. The number of methoxy groups -OCH3 is 1. The van der Waals surface area contributed by atoms with Crippen molar-refractivity contribution in [1.29, 1.82) is 0 Å². The van der Waals surface area contributed by atoms with Crippen LogP contribution in [0.25, 0.3) is 0 Å². The van der Waals surface area contributed by atoms with E-state index < -0.39 is 28.5 Å². The molecule has 0 aromatic heterocycles. The summed E-state index contributed by atoms with van der Waals surface area (Å²) in [5, 5.41) is 3.06. The lowest BCUT2D eigenvalue weighted by molar-refractivity contribution is -0.140. The molecule has 0 fully saturated rings. The van der Waals surface area contributed by atoms with Crippen LogP contribution in [-0.4, -0.2) is 50.9 Å². The van der Waals surface area contributed by atoms with Crippen LogP contribution in [-0.2, 0) is 32.6 Å². The van der Waals surface area contributed by atoms with Crippen molar-refractivity contribution in [2.45, 2.75) is 64.1 Å². The van der Waals surface area contributed by atoms with Crippen molar-refractivity contribution in [3.8, 4) is 5.75 Å². The van der Waals surface area contributed by atoms with Crippen molar-refractivity contribution < 1.29 is 22.7 Å². The van der Waals surface area contributed by atoms with Gasteiger partial charge in [0, 0.05) is 19.0 Å². The Balaban J connectivity index is 1.80. The Morgan fingerprint density at radius 2 is 1.48 bits per heavy atom. The van der Waals surface area contributed by atoms with Gasteiger partial charge in [0.05, 0.1) is 17.7 Å². The van der Waals surface area contributed by atoms with Crippen molar-refractivity contribution in [3.63, 3.8) is 0 Å². The van der Waals surface area contributed by atoms with Crippen LogP contribution in [0.3, 0.4) is 0 Å². The van der Waals surface area contributed by atoms with Crippen molar-refractivity contribution in [1.82, 2.24) is 10.2 Å². The predicted octanol–water partition coefficient (Wildman–Crippen LogP) is 6.06. The molecule has 0 spiro atoms. The zero-order valence-corrected chi connectivity index (χ0v) is 28.0. The Bertz CT molecular complexity index is 1710. The third-order valence-corrected chi connectivity index (χ3v) is 9.74. The van der Waals surface area contributed by atoms with Crippen LogP contribution in [0.1, 0.15) is 42.5 Å².